The van der Waals surface area contributed by atoms with Crippen LogP contribution in [0.1, 0.15) is 16.1 Å². The number of aromatic amines is 2. The van der Waals surface area contributed by atoms with Gasteiger partial charge in [-0.1, -0.05) is 6.07 Å². The number of benzene rings is 2. The molecule has 182 valence electrons. The van der Waals surface area contributed by atoms with Gasteiger partial charge in [0, 0.05) is 25.2 Å². The van der Waals surface area contributed by atoms with E-state index in [4.69, 9.17) is 0 Å². The predicted octanol–water partition coefficient (Wildman–Crippen LogP) is 3.79. The molecule has 0 fully saturated rings. The minimum absolute atomic E-state index is 0.184. The summed E-state index contributed by atoms with van der Waals surface area (Å²) < 4.78 is 41.6. The highest BCUT2D eigenvalue weighted by atomic mass is 19.1. The molecule has 0 atom stereocenters. The number of hydrogen-bond acceptors (Lipinski definition) is 5. The molecule has 11 heteroatoms. The van der Waals surface area contributed by atoms with Gasteiger partial charge in [0.2, 0.25) is 0 Å². The summed E-state index contributed by atoms with van der Waals surface area (Å²) in [6.45, 7) is 2.00. The SMILES string of the molecule is CN(C)CCNCc1[nH]c(-c2[nH]ncc2NC(=O)c2c(F)cccc2F)nc1-c1ccc(F)cc1. The van der Waals surface area contributed by atoms with Gasteiger partial charge in [-0.3, -0.25) is 9.89 Å². The normalized spacial score (nSPS) is 11.3. The summed E-state index contributed by atoms with van der Waals surface area (Å²) in [6, 6.07) is 9.12. The lowest BCUT2D eigenvalue weighted by Gasteiger charge is -2.10. The maximum absolute atomic E-state index is 14.0. The summed E-state index contributed by atoms with van der Waals surface area (Å²) in [7, 11) is 3.95. The van der Waals surface area contributed by atoms with Crippen molar-refractivity contribution < 1.29 is 18.0 Å². The molecule has 35 heavy (non-hydrogen) atoms. The summed E-state index contributed by atoms with van der Waals surface area (Å²) in [5.74, 6) is -2.94. The highest BCUT2D eigenvalue weighted by Crippen LogP contribution is 2.29. The molecule has 0 aliphatic carbocycles. The van der Waals surface area contributed by atoms with E-state index in [2.05, 4.69) is 30.8 Å². The molecular formula is C24H24F3N7O. The Morgan fingerprint density at radius 3 is 2.46 bits per heavy atom. The number of halogens is 3. The molecule has 2 heterocycles. The van der Waals surface area contributed by atoms with E-state index in [1.54, 1.807) is 12.1 Å². The van der Waals surface area contributed by atoms with Crippen LogP contribution in [0.15, 0.2) is 48.7 Å². The maximum Gasteiger partial charge on any atom is 0.261 e. The molecule has 0 saturated heterocycles. The summed E-state index contributed by atoms with van der Waals surface area (Å²) in [4.78, 5) is 22.5. The quantitative estimate of drug-likeness (QED) is 0.272. The summed E-state index contributed by atoms with van der Waals surface area (Å²) in [5, 5.41) is 12.5. The molecule has 0 bridgehead atoms. The Balaban J connectivity index is 1.64. The first kappa shape index (κ1) is 24.2. The van der Waals surface area contributed by atoms with Crippen LogP contribution in [0.4, 0.5) is 18.9 Å². The second-order valence-corrected chi connectivity index (χ2v) is 8.11. The van der Waals surface area contributed by atoms with Gasteiger partial charge in [-0.2, -0.15) is 5.10 Å². The van der Waals surface area contributed by atoms with Crippen molar-refractivity contribution in [2.75, 3.05) is 32.5 Å². The second-order valence-electron chi connectivity index (χ2n) is 8.11. The Labute approximate surface area is 199 Å². The van der Waals surface area contributed by atoms with Crippen molar-refractivity contribution in [3.63, 3.8) is 0 Å². The molecule has 0 unspecified atom stereocenters. The van der Waals surface area contributed by atoms with Crippen LogP contribution in [0.5, 0.6) is 0 Å². The fourth-order valence-electron chi connectivity index (χ4n) is 3.48. The van der Waals surface area contributed by atoms with E-state index in [0.717, 1.165) is 30.9 Å². The minimum atomic E-state index is -0.977. The van der Waals surface area contributed by atoms with Gasteiger partial charge in [-0.15, -0.1) is 0 Å². The third-order valence-corrected chi connectivity index (χ3v) is 5.25. The number of aromatic nitrogens is 4. The van der Waals surface area contributed by atoms with Gasteiger partial charge < -0.3 is 20.5 Å². The van der Waals surface area contributed by atoms with Crippen molar-refractivity contribution in [2.45, 2.75) is 6.54 Å². The first-order valence-corrected chi connectivity index (χ1v) is 10.8. The molecule has 4 N–H and O–H groups in total. The fraction of sp³-hybridized carbons (Fsp3) is 0.208. The van der Waals surface area contributed by atoms with E-state index in [0.29, 0.717) is 29.3 Å². The summed E-state index contributed by atoms with van der Waals surface area (Å²) in [6.07, 6.45) is 1.32. The Hall–Kier alpha value is -3.96. The summed E-state index contributed by atoms with van der Waals surface area (Å²) >= 11 is 0. The van der Waals surface area contributed by atoms with Crippen LogP contribution in [-0.4, -0.2) is 58.2 Å². The van der Waals surface area contributed by atoms with E-state index in [-0.39, 0.29) is 11.5 Å². The van der Waals surface area contributed by atoms with E-state index < -0.39 is 23.1 Å². The maximum atomic E-state index is 14.0. The van der Waals surface area contributed by atoms with Crippen LogP contribution in [0.25, 0.3) is 22.8 Å². The predicted molar refractivity (Wildman–Crippen MR) is 126 cm³/mol. The number of nitrogens with zero attached hydrogens (tertiary/aromatic N) is 3. The molecule has 1 amide bonds. The minimum Gasteiger partial charge on any atom is -0.339 e. The third-order valence-electron chi connectivity index (χ3n) is 5.25. The van der Waals surface area contributed by atoms with E-state index in [9.17, 15) is 18.0 Å². The number of H-pyrrole nitrogens is 2. The Morgan fingerprint density at radius 2 is 1.77 bits per heavy atom. The zero-order valence-corrected chi connectivity index (χ0v) is 19.1. The van der Waals surface area contributed by atoms with Crippen molar-refractivity contribution in [2.24, 2.45) is 0 Å². The molecule has 8 nitrogen and oxygen atoms in total. The zero-order chi connectivity index (χ0) is 24.9. The van der Waals surface area contributed by atoms with E-state index in [1.807, 2.05) is 19.0 Å². The Morgan fingerprint density at radius 1 is 1.06 bits per heavy atom. The first-order chi connectivity index (χ1) is 16.8. The third kappa shape index (κ3) is 5.58. The van der Waals surface area contributed by atoms with Gasteiger partial charge in [0.15, 0.2) is 5.82 Å². The zero-order valence-electron chi connectivity index (χ0n) is 19.1. The number of carbonyl (C=O) groups excluding carboxylic acids is 1. The molecule has 2 aromatic carbocycles. The second kappa shape index (κ2) is 10.5. The van der Waals surface area contributed by atoms with Crippen LogP contribution in [0.2, 0.25) is 0 Å². The number of hydrogen-bond donors (Lipinski definition) is 4. The van der Waals surface area contributed by atoms with Gasteiger partial charge in [0.1, 0.15) is 28.7 Å². The lowest BCUT2D eigenvalue weighted by Crippen LogP contribution is -2.26. The summed E-state index contributed by atoms with van der Waals surface area (Å²) in [5.41, 5.74) is 1.82. The van der Waals surface area contributed by atoms with Crippen LogP contribution >= 0.6 is 0 Å². The number of likely N-dealkylation sites (N-methyl/N-ethyl adjacent to an activating group) is 1. The van der Waals surface area contributed by atoms with E-state index >= 15 is 0 Å². The lowest BCUT2D eigenvalue weighted by atomic mass is 10.1. The van der Waals surface area contributed by atoms with Crippen LogP contribution < -0.4 is 10.6 Å². The number of imidazole rings is 1. The molecular weight excluding hydrogens is 459 g/mol. The Kier molecular flexibility index (Phi) is 7.28. The largest absolute Gasteiger partial charge is 0.339 e. The molecule has 2 aromatic heterocycles. The average molecular weight is 483 g/mol. The molecule has 0 aliphatic rings. The molecule has 0 radical (unpaired) electrons. The van der Waals surface area contributed by atoms with Gasteiger partial charge in [-0.25, -0.2) is 18.2 Å². The molecule has 4 rings (SSSR count). The van der Waals surface area contributed by atoms with E-state index in [1.165, 1.54) is 24.4 Å². The van der Waals surface area contributed by atoms with Gasteiger partial charge in [0.25, 0.3) is 5.91 Å². The molecule has 4 aromatic rings. The number of nitrogens with one attached hydrogen (secondary N) is 4. The van der Waals surface area contributed by atoms with Gasteiger partial charge in [-0.05, 0) is 50.5 Å². The molecule has 0 spiro atoms. The van der Waals surface area contributed by atoms with Crippen molar-refractivity contribution in [1.82, 2.24) is 30.4 Å². The topological polar surface area (TPSA) is 102 Å². The average Bonchev–Trinajstić information content (AvgIpc) is 3.44. The first-order valence-electron chi connectivity index (χ1n) is 10.8. The number of anilines is 1. The molecule has 0 aliphatic heterocycles. The van der Waals surface area contributed by atoms with Crippen LogP contribution in [-0.2, 0) is 6.54 Å². The smallest absolute Gasteiger partial charge is 0.261 e. The monoisotopic (exact) mass is 483 g/mol. The number of carbonyl (C=O) groups is 1. The van der Waals surface area contributed by atoms with Crippen LogP contribution in [0.3, 0.4) is 0 Å². The number of amides is 1. The van der Waals surface area contributed by atoms with Gasteiger partial charge in [0.05, 0.1) is 23.3 Å². The highest BCUT2D eigenvalue weighted by molar-refractivity contribution is 6.06. The van der Waals surface area contributed by atoms with Crippen molar-refractivity contribution in [3.05, 3.63) is 77.4 Å². The van der Waals surface area contributed by atoms with Gasteiger partial charge >= 0.3 is 0 Å². The standard InChI is InChI=1S/C24H24F3N7O/c1-34(2)11-10-28-12-18-21(14-6-8-15(25)9-7-14)32-23(30-18)22-19(13-29-33-22)31-24(35)20-16(26)4-3-5-17(20)27/h3-9,13,28H,10-12H2,1-2H3,(H,29,33)(H,30,32)(H,31,35). The number of rotatable bonds is 9. The lowest BCUT2D eigenvalue weighted by molar-refractivity contribution is 0.101. The van der Waals surface area contributed by atoms with Crippen LogP contribution in [0, 0.1) is 17.5 Å². The van der Waals surface area contributed by atoms with Crippen molar-refractivity contribution in [1.29, 1.82) is 0 Å². The fourth-order valence-corrected chi connectivity index (χ4v) is 3.48. The molecule has 0 saturated carbocycles. The van der Waals surface area contributed by atoms with Crippen molar-refractivity contribution >= 4 is 11.6 Å². The highest BCUT2D eigenvalue weighted by Gasteiger charge is 2.22. The van der Waals surface area contributed by atoms with Crippen molar-refractivity contribution in [3.8, 4) is 22.8 Å². The Bertz CT molecular complexity index is 1290.